The lowest BCUT2D eigenvalue weighted by Gasteiger charge is -2.19. The van der Waals surface area contributed by atoms with E-state index in [0.717, 1.165) is 17.1 Å². The minimum Gasteiger partial charge on any atom is -0.367 e. The molecule has 1 saturated heterocycles. The third kappa shape index (κ3) is 2.97. The fourth-order valence-electron chi connectivity index (χ4n) is 2.40. The molecule has 1 fully saturated rings. The fourth-order valence-corrected chi connectivity index (χ4v) is 2.52. The second-order valence-electron chi connectivity index (χ2n) is 5.20. The summed E-state index contributed by atoms with van der Waals surface area (Å²) in [6.45, 7) is 3.72. The zero-order chi connectivity index (χ0) is 15.7. The summed E-state index contributed by atoms with van der Waals surface area (Å²) < 4.78 is 1.41. The van der Waals surface area contributed by atoms with E-state index >= 15 is 0 Å². The molecule has 1 aliphatic rings. The number of aromatic nitrogens is 2. The van der Waals surface area contributed by atoms with E-state index in [1.54, 1.807) is 12.1 Å². The highest BCUT2D eigenvalue weighted by Crippen LogP contribution is 2.15. The summed E-state index contributed by atoms with van der Waals surface area (Å²) >= 11 is 5.87. The van der Waals surface area contributed by atoms with Gasteiger partial charge in [0.25, 0.3) is 5.91 Å². The Balaban J connectivity index is 1.76. The number of rotatable bonds is 3. The van der Waals surface area contributed by atoms with Gasteiger partial charge in [-0.05, 0) is 44.2 Å². The van der Waals surface area contributed by atoms with Crippen LogP contribution >= 0.6 is 11.6 Å². The Morgan fingerprint density at radius 1 is 1.27 bits per heavy atom. The third-order valence-electron chi connectivity index (χ3n) is 3.44. The minimum atomic E-state index is -0.506. The first-order valence-corrected chi connectivity index (χ1v) is 7.28. The SMILES string of the molecule is Cc1cc(C)n(C(=O)C2NNNC2Nc2ccc(Cl)cc2)n1. The zero-order valence-corrected chi connectivity index (χ0v) is 13.0. The second-order valence-corrected chi connectivity index (χ2v) is 5.63. The van der Waals surface area contributed by atoms with Crippen molar-refractivity contribution in [1.82, 2.24) is 26.2 Å². The highest BCUT2D eigenvalue weighted by atomic mass is 35.5. The number of carbonyl (C=O) groups is 1. The molecule has 22 heavy (non-hydrogen) atoms. The van der Waals surface area contributed by atoms with Gasteiger partial charge in [-0.25, -0.2) is 15.5 Å². The van der Waals surface area contributed by atoms with Gasteiger partial charge in [-0.15, -0.1) is 0 Å². The summed E-state index contributed by atoms with van der Waals surface area (Å²) in [5.74, 6) is -0.144. The third-order valence-corrected chi connectivity index (χ3v) is 3.69. The molecular formula is C14H17ClN6O. The van der Waals surface area contributed by atoms with Gasteiger partial charge in [-0.3, -0.25) is 4.79 Å². The van der Waals surface area contributed by atoms with E-state index < -0.39 is 6.04 Å². The number of anilines is 1. The largest absolute Gasteiger partial charge is 0.367 e. The Bertz CT molecular complexity index is 683. The van der Waals surface area contributed by atoms with E-state index in [2.05, 4.69) is 26.8 Å². The molecular weight excluding hydrogens is 304 g/mol. The predicted molar refractivity (Wildman–Crippen MR) is 84.4 cm³/mol. The van der Waals surface area contributed by atoms with Crippen molar-refractivity contribution in [3.8, 4) is 0 Å². The number of carbonyl (C=O) groups excluding carboxylic acids is 1. The smallest absolute Gasteiger partial charge is 0.269 e. The van der Waals surface area contributed by atoms with E-state index in [4.69, 9.17) is 11.6 Å². The van der Waals surface area contributed by atoms with Crippen LogP contribution in [0.2, 0.25) is 5.02 Å². The molecule has 2 unspecified atom stereocenters. The first kappa shape index (κ1) is 15.0. The summed E-state index contributed by atoms with van der Waals surface area (Å²) in [7, 11) is 0. The molecule has 0 saturated carbocycles. The molecule has 1 aromatic heterocycles. The van der Waals surface area contributed by atoms with E-state index in [1.807, 2.05) is 32.0 Å². The topological polar surface area (TPSA) is 83.0 Å². The lowest BCUT2D eigenvalue weighted by Crippen LogP contribution is -2.47. The van der Waals surface area contributed by atoms with E-state index in [-0.39, 0.29) is 12.1 Å². The molecule has 1 aliphatic heterocycles. The number of hydrogen-bond acceptors (Lipinski definition) is 6. The van der Waals surface area contributed by atoms with Crippen LogP contribution in [0.1, 0.15) is 16.2 Å². The van der Waals surface area contributed by atoms with Crippen molar-refractivity contribution in [3.63, 3.8) is 0 Å². The quantitative estimate of drug-likeness (QED) is 0.680. The summed E-state index contributed by atoms with van der Waals surface area (Å²) in [5, 5.41) is 8.14. The monoisotopic (exact) mass is 320 g/mol. The number of aryl methyl sites for hydroxylation is 2. The van der Waals surface area contributed by atoms with Gasteiger partial charge in [-0.2, -0.15) is 10.6 Å². The first-order chi connectivity index (χ1) is 10.5. The predicted octanol–water partition coefficient (Wildman–Crippen LogP) is 1.21. The van der Waals surface area contributed by atoms with Gasteiger partial charge < -0.3 is 5.32 Å². The van der Waals surface area contributed by atoms with E-state index in [0.29, 0.717) is 5.02 Å². The minimum absolute atomic E-state index is 0.144. The fraction of sp³-hybridized carbons (Fsp3) is 0.286. The lowest BCUT2D eigenvalue weighted by molar-refractivity contribution is 0.0842. The van der Waals surface area contributed by atoms with Crippen LogP contribution in [0.25, 0.3) is 0 Å². The Kier molecular flexibility index (Phi) is 4.12. The maximum atomic E-state index is 12.6. The molecule has 116 valence electrons. The number of hydrogen-bond donors (Lipinski definition) is 4. The Hall–Kier alpha value is -1.93. The van der Waals surface area contributed by atoms with Crippen molar-refractivity contribution >= 4 is 23.2 Å². The molecule has 1 aromatic carbocycles. The molecule has 0 bridgehead atoms. The zero-order valence-electron chi connectivity index (χ0n) is 12.2. The number of nitrogens with one attached hydrogen (secondary N) is 4. The highest BCUT2D eigenvalue weighted by Gasteiger charge is 2.34. The molecule has 2 aromatic rings. The van der Waals surface area contributed by atoms with Crippen molar-refractivity contribution in [2.75, 3.05) is 5.32 Å². The van der Waals surface area contributed by atoms with Crippen LogP contribution in [-0.4, -0.2) is 27.9 Å². The Morgan fingerprint density at radius 3 is 2.64 bits per heavy atom. The summed E-state index contributed by atoms with van der Waals surface area (Å²) in [6, 6.07) is 8.65. The molecule has 3 rings (SSSR count). The van der Waals surface area contributed by atoms with Gasteiger partial charge >= 0.3 is 0 Å². The molecule has 7 nitrogen and oxygen atoms in total. The summed E-state index contributed by atoms with van der Waals surface area (Å²) in [4.78, 5) is 12.6. The van der Waals surface area contributed by atoms with Gasteiger partial charge in [-0.1, -0.05) is 11.6 Å². The van der Waals surface area contributed by atoms with Crippen molar-refractivity contribution in [3.05, 3.63) is 46.7 Å². The van der Waals surface area contributed by atoms with Crippen LogP contribution < -0.4 is 21.7 Å². The van der Waals surface area contributed by atoms with E-state index in [1.165, 1.54) is 4.68 Å². The molecule has 0 aliphatic carbocycles. The van der Waals surface area contributed by atoms with Gasteiger partial charge in [0.1, 0.15) is 12.2 Å². The van der Waals surface area contributed by atoms with Crippen molar-refractivity contribution in [2.45, 2.75) is 26.1 Å². The van der Waals surface area contributed by atoms with Crippen LogP contribution in [0.15, 0.2) is 30.3 Å². The number of benzene rings is 1. The molecule has 0 radical (unpaired) electrons. The van der Waals surface area contributed by atoms with Gasteiger partial charge in [0.2, 0.25) is 0 Å². The molecule has 0 spiro atoms. The molecule has 2 atom stereocenters. The molecule has 4 N–H and O–H groups in total. The average molecular weight is 321 g/mol. The average Bonchev–Trinajstić information content (AvgIpc) is 3.07. The summed E-state index contributed by atoms with van der Waals surface area (Å²) in [6.07, 6.45) is -0.322. The van der Waals surface area contributed by atoms with Gasteiger partial charge in [0.05, 0.1) is 5.69 Å². The number of hydrazine groups is 2. The number of halogens is 1. The number of nitrogens with zero attached hydrogens (tertiary/aromatic N) is 2. The normalized spacial score (nSPS) is 21.0. The standard InChI is InChI=1S/C14H17ClN6O/c1-8-7-9(2)21(19-8)14(22)12-13(18-20-17-12)16-11-5-3-10(15)4-6-11/h3-7,12-13,16-18,20H,1-2H3. The Morgan fingerprint density at radius 2 is 2.00 bits per heavy atom. The summed E-state index contributed by atoms with van der Waals surface area (Å²) in [5.41, 5.74) is 11.2. The van der Waals surface area contributed by atoms with Crippen LogP contribution in [0.5, 0.6) is 0 Å². The molecule has 8 heteroatoms. The van der Waals surface area contributed by atoms with Crippen molar-refractivity contribution < 1.29 is 4.79 Å². The molecule has 2 heterocycles. The van der Waals surface area contributed by atoms with E-state index in [9.17, 15) is 4.79 Å². The Labute approximate surface area is 133 Å². The van der Waals surface area contributed by atoms with Crippen LogP contribution in [0.4, 0.5) is 5.69 Å². The molecule has 0 amide bonds. The van der Waals surface area contributed by atoms with Crippen LogP contribution in [0, 0.1) is 13.8 Å². The van der Waals surface area contributed by atoms with Crippen molar-refractivity contribution in [1.29, 1.82) is 0 Å². The van der Waals surface area contributed by atoms with Gasteiger partial charge in [0.15, 0.2) is 0 Å². The van der Waals surface area contributed by atoms with Crippen molar-refractivity contribution in [2.24, 2.45) is 0 Å². The maximum absolute atomic E-state index is 12.6. The highest BCUT2D eigenvalue weighted by molar-refractivity contribution is 6.30. The maximum Gasteiger partial charge on any atom is 0.269 e. The lowest BCUT2D eigenvalue weighted by atomic mass is 10.2. The van der Waals surface area contributed by atoms with Crippen LogP contribution in [-0.2, 0) is 0 Å². The van der Waals surface area contributed by atoms with Crippen LogP contribution in [0.3, 0.4) is 0 Å². The first-order valence-electron chi connectivity index (χ1n) is 6.90. The second kappa shape index (κ2) is 6.05. The van der Waals surface area contributed by atoms with Gasteiger partial charge in [0, 0.05) is 16.4 Å².